The van der Waals surface area contributed by atoms with E-state index < -0.39 is 17.9 Å². The topological polar surface area (TPSA) is 177 Å². The molecule has 3 aliphatic rings. The van der Waals surface area contributed by atoms with E-state index in [9.17, 15) is 19.5 Å². The molecule has 216 valence electrons. The van der Waals surface area contributed by atoms with Gasteiger partial charge in [0.25, 0.3) is 0 Å². The van der Waals surface area contributed by atoms with Gasteiger partial charge in [-0.1, -0.05) is 18.7 Å². The molecule has 0 saturated carbocycles. The van der Waals surface area contributed by atoms with Crippen molar-refractivity contribution in [3.63, 3.8) is 0 Å². The van der Waals surface area contributed by atoms with Crippen molar-refractivity contribution in [2.75, 3.05) is 33.2 Å². The van der Waals surface area contributed by atoms with Gasteiger partial charge in [0.05, 0.1) is 56.5 Å². The predicted octanol–water partition coefficient (Wildman–Crippen LogP) is -1.58. The third-order valence-corrected chi connectivity index (χ3v) is 9.74. The number of carboxylic acids is 1. The summed E-state index contributed by atoms with van der Waals surface area (Å²) in [6.07, 6.45) is 7.23. The molecule has 0 aliphatic carbocycles. The number of nitrogens with two attached hydrogens (primary N) is 1. The average molecular weight is 573 g/mol. The quantitative estimate of drug-likeness (QED) is 0.236. The zero-order valence-electron chi connectivity index (χ0n) is 23.0. The number of tetrazole rings is 1. The maximum Gasteiger partial charge on any atom is 0.242 e. The summed E-state index contributed by atoms with van der Waals surface area (Å²) in [5, 5.41) is 30.2. The number of piperidine rings is 1. The largest absolute Gasteiger partial charge is 0.543 e. The number of carbonyl (C=O) groups is 3. The first-order valence-electron chi connectivity index (χ1n) is 13.6. The highest BCUT2D eigenvalue weighted by molar-refractivity contribution is 8.03. The van der Waals surface area contributed by atoms with Crippen LogP contribution in [0.4, 0.5) is 0 Å². The number of amides is 2. The number of likely N-dealkylation sites (tertiary alicyclic amines) is 1. The molecule has 3 N–H and O–H groups in total. The van der Waals surface area contributed by atoms with Gasteiger partial charge >= 0.3 is 0 Å². The van der Waals surface area contributed by atoms with Crippen molar-refractivity contribution < 1.29 is 24.0 Å². The van der Waals surface area contributed by atoms with Gasteiger partial charge < -0.3 is 30.3 Å². The first kappa shape index (κ1) is 28.2. The number of aliphatic carboxylic acids is 1. The summed E-state index contributed by atoms with van der Waals surface area (Å²) >= 11 is 1.32. The van der Waals surface area contributed by atoms with Gasteiger partial charge in [0.15, 0.2) is 0 Å². The van der Waals surface area contributed by atoms with E-state index in [2.05, 4.69) is 33.0 Å². The van der Waals surface area contributed by atoms with Gasteiger partial charge in [-0.15, -0.1) is 5.10 Å². The number of likely N-dealkylation sites (N-methyl/N-ethyl adjacent to an activating group) is 1. The highest BCUT2D eigenvalue weighted by Gasteiger charge is 2.59. The van der Waals surface area contributed by atoms with Crippen molar-refractivity contribution in [2.24, 2.45) is 23.5 Å². The van der Waals surface area contributed by atoms with Crippen LogP contribution in [0.3, 0.4) is 0 Å². The molecule has 2 fully saturated rings. The first-order valence-corrected chi connectivity index (χ1v) is 14.4. The van der Waals surface area contributed by atoms with Gasteiger partial charge in [-0.2, -0.15) is 5.10 Å². The highest BCUT2D eigenvalue weighted by atomic mass is 32.2. The smallest absolute Gasteiger partial charge is 0.242 e. The lowest BCUT2D eigenvalue weighted by molar-refractivity contribution is -0.913. The molecule has 1 unspecified atom stereocenters. The van der Waals surface area contributed by atoms with E-state index in [1.807, 2.05) is 17.8 Å². The number of nitrogens with zero attached hydrogens (tertiary/aromatic N) is 8. The molecule has 40 heavy (non-hydrogen) atoms. The number of β-lactam (4-membered cyclic amide) rings is 1. The average Bonchev–Trinajstić information content (AvgIpc) is 3.61. The molecule has 0 radical (unpaired) electrons. The number of carboxylic acid groups (broad SMARTS) is 1. The molecule has 3 aliphatic heterocycles. The number of hydrogen-bond acceptors (Lipinski definition) is 10. The first-order chi connectivity index (χ1) is 19.1. The van der Waals surface area contributed by atoms with E-state index in [4.69, 9.17) is 5.73 Å². The second-order valence-corrected chi connectivity index (χ2v) is 12.5. The van der Waals surface area contributed by atoms with E-state index in [-0.39, 0.29) is 36.0 Å². The summed E-state index contributed by atoms with van der Waals surface area (Å²) in [4.78, 5) is 40.5. The maximum atomic E-state index is 13.1. The van der Waals surface area contributed by atoms with Crippen LogP contribution in [0.25, 0.3) is 0 Å². The molecule has 2 saturated heterocycles. The number of aromatic nitrogens is 6. The van der Waals surface area contributed by atoms with Gasteiger partial charge in [0, 0.05) is 53.9 Å². The zero-order chi connectivity index (χ0) is 28.6. The molecule has 0 aromatic carbocycles. The van der Waals surface area contributed by atoms with Crippen LogP contribution < -0.4 is 16.2 Å². The lowest BCUT2D eigenvalue weighted by Gasteiger charge is -2.48. The Labute approximate surface area is 236 Å². The molecule has 4 atom stereocenters. The second-order valence-electron chi connectivity index (χ2n) is 11.4. The van der Waals surface area contributed by atoms with Crippen molar-refractivity contribution in [3.05, 3.63) is 29.3 Å². The van der Waals surface area contributed by atoms with Gasteiger partial charge in [-0.25, -0.2) is 4.68 Å². The zero-order valence-corrected chi connectivity index (χ0v) is 23.8. The van der Waals surface area contributed by atoms with Gasteiger partial charge in [-0.05, 0) is 23.3 Å². The van der Waals surface area contributed by atoms with Gasteiger partial charge in [0.1, 0.15) is 12.9 Å². The van der Waals surface area contributed by atoms with E-state index in [0.717, 1.165) is 48.4 Å². The summed E-state index contributed by atoms with van der Waals surface area (Å²) in [5.41, 5.74) is 5.69. The number of thioether (sulfide) groups is 1. The summed E-state index contributed by atoms with van der Waals surface area (Å²) < 4.78 is 4.23. The summed E-state index contributed by atoms with van der Waals surface area (Å²) in [6.45, 7) is 8.29. The van der Waals surface area contributed by atoms with Crippen LogP contribution >= 0.6 is 11.8 Å². The summed E-state index contributed by atoms with van der Waals surface area (Å²) in [5.74, 6) is -2.34. The number of carbonyl (C=O) groups excluding carboxylic acids is 3. The van der Waals surface area contributed by atoms with Crippen molar-refractivity contribution in [2.45, 2.75) is 56.8 Å². The van der Waals surface area contributed by atoms with Crippen LogP contribution in [0, 0.1) is 17.8 Å². The van der Waals surface area contributed by atoms with E-state index in [1.165, 1.54) is 27.7 Å². The third-order valence-electron chi connectivity index (χ3n) is 8.51. The lowest BCUT2D eigenvalue weighted by atomic mass is 9.78. The minimum absolute atomic E-state index is 0.0805. The summed E-state index contributed by atoms with van der Waals surface area (Å²) in [6, 6.07) is -0.888. The summed E-state index contributed by atoms with van der Waals surface area (Å²) in [7, 11) is 2.26. The Morgan fingerprint density at radius 1 is 1.30 bits per heavy atom. The molecule has 2 amide bonds. The van der Waals surface area contributed by atoms with Crippen molar-refractivity contribution in [1.82, 2.24) is 40.2 Å². The number of fused-ring (bicyclic) bond motifs is 1. The molecule has 5 rings (SSSR count). The fourth-order valence-corrected chi connectivity index (χ4v) is 7.44. The van der Waals surface area contributed by atoms with Crippen LogP contribution in [0.5, 0.6) is 0 Å². The standard InChI is InChI=1S/C25H36N10O4S/c1-15-21-20(16(2)29-19(36)13-33-14-27-30-31-33)24(37)34(21)22(25(38)39)23(15)40-18-10-28-32(12-18)11-17-4-7-35(3,8-5-17)9-6-26/h10,12,14-17,20-21H,4-9,11,13,26H2,1-3H3,(H-,29,36,38,39)/t15-,16?,17?,20-,21-,35?/m1/s1. The van der Waals surface area contributed by atoms with Gasteiger partial charge in [0.2, 0.25) is 11.8 Å². The SMILES string of the molecule is CC(NC(=O)Cn1cnnn1)[C@H]1C(=O)N2C(C(=O)[O-])=C(Sc3cnn(CC4CC[N+](C)(CCN)CC4)c3)[C@H](C)[C@H]12. The molecule has 5 heterocycles. The Morgan fingerprint density at radius 2 is 2.05 bits per heavy atom. The normalized spacial score (nSPS) is 28.8. The van der Waals surface area contributed by atoms with Crippen LogP contribution in [0.1, 0.15) is 26.7 Å². The van der Waals surface area contributed by atoms with Gasteiger partial charge in [-0.3, -0.25) is 14.3 Å². The van der Waals surface area contributed by atoms with Crippen LogP contribution in [-0.4, -0.2) is 102 Å². The minimum Gasteiger partial charge on any atom is -0.543 e. The molecule has 14 nitrogen and oxygen atoms in total. The van der Waals surface area contributed by atoms with Crippen LogP contribution in [-0.2, 0) is 27.5 Å². The number of hydrogen-bond donors (Lipinski definition) is 2. The fourth-order valence-electron chi connectivity index (χ4n) is 6.31. The van der Waals surface area contributed by atoms with Crippen molar-refractivity contribution >= 4 is 29.5 Å². The van der Waals surface area contributed by atoms with Crippen LogP contribution in [0.2, 0.25) is 0 Å². The Kier molecular flexibility index (Phi) is 7.97. The van der Waals surface area contributed by atoms with E-state index in [1.54, 1.807) is 13.1 Å². The molecule has 15 heteroatoms. The second kappa shape index (κ2) is 11.3. The molecule has 0 spiro atoms. The van der Waals surface area contributed by atoms with Crippen molar-refractivity contribution in [3.8, 4) is 0 Å². The Balaban J connectivity index is 1.22. The monoisotopic (exact) mass is 572 g/mol. The van der Waals surface area contributed by atoms with Crippen LogP contribution in [0.15, 0.2) is 34.2 Å². The lowest BCUT2D eigenvalue weighted by Crippen LogP contribution is -2.66. The maximum absolute atomic E-state index is 13.1. The Bertz CT molecular complexity index is 1290. The van der Waals surface area contributed by atoms with E-state index >= 15 is 0 Å². The molecule has 0 bridgehead atoms. The van der Waals surface area contributed by atoms with Crippen molar-refractivity contribution in [1.29, 1.82) is 0 Å². The Morgan fingerprint density at radius 3 is 2.70 bits per heavy atom. The molecule has 2 aromatic heterocycles. The number of quaternary nitrogens is 1. The van der Waals surface area contributed by atoms with E-state index in [0.29, 0.717) is 17.4 Å². The molecule has 2 aromatic rings. The fraction of sp³-hybridized carbons (Fsp3) is 0.640. The number of nitrogens with one attached hydrogen (secondary N) is 1. The third kappa shape index (κ3) is 5.49. The highest BCUT2D eigenvalue weighted by Crippen LogP contribution is 2.51. The Hall–Kier alpha value is -3.30. The number of rotatable bonds is 11. The predicted molar refractivity (Wildman–Crippen MR) is 141 cm³/mol. The molecular weight excluding hydrogens is 536 g/mol. The molecular formula is C25H36N10O4S. The minimum atomic E-state index is -1.38.